The van der Waals surface area contributed by atoms with E-state index in [1.165, 1.54) is 16.4 Å². The highest BCUT2D eigenvalue weighted by Crippen LogP contribution is 2.22. The minimum atomic E-state index is -3.55. The fourth-order valence-corrected chi connectivity index (χ4v) is 4.33. The Balaban J connectivity index is 1.84. The SMILES string of the molecule is CCN(CC)S(=O)(=O)c1ccc(C2=N/C(=C\c3ccc(OC)cc3)C(=O)O2)cc1. The first-order chi connectivity index (χ1) is 13.9. The monoisotopic (exact) mass is 414 g/mol. The van der Waals surface area contributed by atoms with Crippen molar-refractivity contribution in [1.82, 2.24) is 4.31 Å². The quantitative estimate of drug-likeness (QED) is 0.513. The molecule has 8 heteroatoms. The van der Waals surface area contributed by atoms with E-state index in [1.54, 1.807) is 63.4 Å². The molecule has 0 N–H and O–H groups in total. The van der Waals surface area contributed by atoms with Crippen molar-refractivity contribution in [2.75, 3.05) is 20.2 Å². The van der Waals surface area contributed by atoms with Gasteiger partial charge in [-0.3, -0.25) is 0 Å². The largest absolute Gasteiger partial charge is 0.497 e. The standard InChI is InChI=1S/C21H22N2O5S/c1-4-23(5-2)29(25,26)18-12-8-16(9-13-18)20-22-19(21(24)28-20)14-15-6-10-17(27-3)11-7-15/h6-14H,4-5H2,1-3H3/b19-14-. The van der Waals surface area contributed by atoms with Crippen molar-refractivity contribution in [3.8, 4) is 5.75 Å². The van der Waals surface area contributed by atoms with Crippen LogP contribution in [0.2, 0.25) is 0 Å². The van der Waals surface area contributed by atoms with Gasteiger partial charge in [-0.15, -0.1) is 0 Å². The van der Waals surface area contributed by atoms with E-state index in [4.69, 9.17) is 9.47 Å². The van der Waals surface area contributed by atoms with Gasteiger partial charge in [0.25, 0.3) is 0 Å². The van der Waals surface area contributed by atoms with Crippen LogP contribution in [-0.4, -0.2) is 44.8 Å². The van der Waals surface area contributed by atoms with Gasteiger partial charge in [0.05, 0.1) is 12.0 Å². The highest BCUT2D eigenvalue weighted by Gasteiger charge is 2.26. The molecule has 0 spiro atoms. The van der Waals surface area contributed by atoms with Crippen molar-refractivity contribution in [2.45, 2.75) is 18.7 Å². The Morgan fingerprint density at radius 3 is 2.21 bits per heavy atom. The number of rotatable bonds is 7. The molecule has 152 valence electrons. The number of hydrogen-bond donors (Lipinski definition) is 0. The van der Waals surface area contributed by atoms with E-state index in [0.717, 1.165) is 5.56 Å². The molecule has 0 atom stereocenters. The second kappa shape index (κ2) is 8.59. The summed E-state index contributed by atoms with van der Waals surface area (Å²) >= 11 is 0. The lowest BCUT2D eigenvalue weighted by Gasteiger charge is -2.18. The van der Waals surface area contributed by atoms with Gasteiger partial charge in [-0.1, -0.05) is 26.0 Å². The van der Waals surface area contributed by atoms with Crippen LogP contribution in [0.5, 0.6) is 5.75 Å². The van der Waals surface area contributed by atoms with Crippen molar-refractivity contribution < 1.29 is 22.7 Å². The van der Waals surface area contributed by atoms with Crippen LogP contribution in [0.25, 0.3) is 6.08 Å². The average Bonchev–Trinajstić information content (AvgIpc) is 3.09. The molecule has 7 nitrogen and oxygen atoms in total. The number of carbonyl (C=O) groups excluding carboxylic acids is 1. The van der Waals surface area contributed by atoms with Crippen LogP contribution in [0.15, 0.2) is 64.1 Å². The molecular weight excluding hydrogens is 392 g/mol. The van der Waals surface area contributed by atoms with Crippen LogP contribution >= 0.6 is 0 Å². The summed E-state index contributed by atoms with van der Waals surface area (Å²) in [7, 11) is -1.97. The molecule has 1 aliphatic heterocycles. The predicted molar refractivity (Wildman–Crippen MR) is 110 cm³/mol. The summed E-state index contributed by atoms with van der Waals surface area (Å²) in [5.41, 5.74) is 1.48. The van der Waals surface area contributed by atoms with E-state index in [-0.39, 0.29) is 16.5 Å². The van der Waals surface area contributed by atoms with Crippen molar-refractivity contribution in [1.29, 1.82) is 0 Å². The van der Waals surface area contributed by atoms with E-state index in [2.05, 4.69) is 4.99 Å². The van der Waals surface area contributed by atoms with E-state index >= 15 is 0 Å². The molecule has 0 bridgehead atoms. The number of carbonyl (C=O) groups is 1. The molecule has 1 heterocycles. The zero-order valence-electron chi connectivity index (χ0n) is 16.5. The number of aliphatic imine (C=N–C) groups is 1. The highest BCUT2D eigenvalue weighted by molar-refractivity contribution is 7.89. The Bertz CT molecular complexity index is 1050. The summed E-state index contributed by atoms with van der Waals surface area (Å²) in [5, 5.41) is 0. The molecule has 0 radical (unpaired) electrons. The first-order valence-electron chi connectivity index (χ1n) is 9.16. The fraction of sp³-hybridized carbons (Fsp3) is 0.238. The molecule has 0 saturated heterocycles. The van der Waals surface area contributed by atoms with Gasteiger partial charge in [0.15, 0.2) is 5.70 Å². The van der Waals surface area contributed by atoms with E-state index in [9.17, 15) is 13.2 Å². The van der Waals surface area contributed by atoms with Crippen molar-refractivity contribution in [2.24, 2.45) is 4.99 Å². The molecular formula is C21H22N2O5S. The Hall–Kier alpha value is -2.97. The lowest BCUT2D eigenvalue weighted by molar-refractivity contribution is -0.129. The fourth-order valence-electron chi connectivity index (χ4n) is 2.87. The Kier molecular flexibility index (Phi) is 6.14. The van der Waals surface area contributed by atoms with Crippen LogP contribution in [0, 0.1) is 0 Å². The maximum absolute atomic E-state index is 12.6. The van der Waals surface area contributed by atoms with Gasteiger partial charge in [0.1, 0.15) is 5.75 Å². The normalized spacial score (nSPS) is 15.5. The zero-order chi connectivity index (χ0) is 21.0. The minimum Gasteiger partial charge on any atom is -0.497 e. The number of esters is 1. The summed E-state index contributed by atoms with van der Waals surface area (Å²) in [6.07, 6.45) is 1.62. The number of benzene rings is 2. The first-order valence-corrected chi connectivity index (χ1v) is 10.6. The van der Waals surface area contributed by atoms with Gasteiger partial charge < -0.3 is 9.47 Å². The molecule has 1 aliphatic rings. The maximum atomic E-state index is 12.6. The van der Waals surface area contributed by atoms with Gasteiger partial charge >= 0.3 is 5.97 Å². The number of nitrogens with zero attached hydrogens (tertiary/aromatic N) is 2. The summed E-state index contributed by atoms with van der Waals surface area (Å²) in [4.78, 5) is 16.6. The third-order valence-electron chi connectivity index (χ3n) is 4.48. The molecule has 29 heavy (non-hydrogen) atoms. The summed E-state index contributed by atoms with van der Waals surface area (Å²) in [6.45, 7) is 4.37. The van der Waals surface area contributed by atoms with E-state index in [0.29, 0.717) is 24.4 Å². The Labute approximate surface area is 170 Å². The first kappa shape index (κ1) is 20.8. The average molecular weight is 414 g/mol. The smallest absolute Gasteiger partial charge is 0.363 e. The zero-order valence-corrected chi connectivity index (χ0v) is 17.3. The van der Waals surface area contributed by atoms with E-state index in [1.807, 2.05) is 0 Å². The van der Waals surface area contributed by atoms with E-state index < -0.39 is 16.0 Å². The van der Waals surface area contributed by atoms with Crippen LogP contribution in [-0.2, 0) is 19.6 Å². The molecule has 3 rings (SSSR count). The third-order valence-corrected chi connectivity index (χ3v) is 6.55. The van der Waals surface area contributed by atoms with Crippen molar-refractivity contribution >= 4 is 28.0 Å². The summed E-state index contributed by atoms with van der Waals surface area (Å²) in [6, 6.07) is 13.3. The molecule has 2 aromatic rings. The molecule has 0 aromatic heterocycles. The summed E-state index contributed by atoms with van der Waals surface area (Å²) < 4.78 is 36.9. The predicted octanol–water partition coefficient (Wildman–Crippen LogP) is 3.07. The maximum Gasteiger partial charge on any atom is 0.363 e. The van der Waals surface area contributed by atoms with Crippen LogP contribution in [0.4, 0.5) is 0 Å². The van der Waals surface area contributed by atoms with Gasteiger partial charge in [0.2, 0.25) is 15.9 Å². The second-order valence-electron chi connectivity index (χ2n) is 6.22. The third kappa shape index (κ3) is 4.38. The molecule has 0 saturated carbocycles. The molecule has 0 amide bonds. The second-order valence-corrected chi connectivity index (χ2v) is 8.16. The van der Waals surface area contributed by atoms with Gasteiger partial charge in [0, 0.05) is 18.7 Å². The number of hydrogen-bond acceptors (Lipinski definition) is 6. The number of ether oxygens (including phenoxy) is 2. The molecule has 2 aromatic carbocycles. The van der Waals surface area contributed by atoms with Gasteiger partial charge in [-0.05, 0) is 48.0 Å². The van der Waals surface area contributed by atoms with Crippen molar-refractivity contribution in [3.63, 3.8) is 0 Å². The molecule has 0 aliphatic carbocycles. The lowest BCUT2D eigenvalue weighted by Crippen LogP contribution is -2.30. The van der Waals surface area contributed by atoms with Crippen LogP contribution in [0.1, 0.15) is 25.0 Å². The molecule has 0 fully saturated rings. The molecule has 0 unspecified atom stereocenters. The van der Waals surface area contributed by atoms with Gasteiger partial charge in [-0.2, -0.15) is 4.31 Å². The van der Waals surface area contributed by atoms with Crippen LogP contribution in [0.3, 0.4) is 0 Å². The van der Waals surface area contributed by atoms with Crippen LogP contribution < -0.4 is 4.74 Å². The number of cyclic esters (lactones) is 1. The minimum absolute atomic E-state index is 0.140. The topological polar surface area (TPSA) is 85.3 Å². The Morgan fingerprint density at radius 2 is 1.66 bits per heavy atom. The lowest BCUT2D eigenvalue weighted by atomic mass is 10.2. The number of sulfonamides is 1. The Morgan fingerprint density at radius 1 is 1.03 bits per heavy atom. The summed E-state index contributed by atoms with van der Waals surface area (Å²) in [5.74, 6) is 0.294. The highest BCUT2D eigenvalue weighted by atomic mass is 32.2. The number of methoxy groups -OCH3 is 1. The van der Waals surface area contributed by atoms with Crippen molar-refractivity contribution in [3.05, 3.63) is 65.4 Å². The van der Waals surface area contributed by atoms with Gasteiger partial charge in [-0.25, -0.2) is 18.2 Å².